The highest BCUT2D eigenvalue weighted by atomic mass is 19.3. The monoisotopic (exact) mass is 190 g/mol. The van der Waals surface area contributed by atoms with Gasteiger partial charge in [0.05, 0.1) is 12.2 Å². The predicted molar refractivity (Wildman–Crippen MR) is 41.2 cm³/mol. The summed E-state index contributed by atoms with van der Waals surface area (Å²) in [5, 5.41) is 17.7. The summed E-state index contributed by atoms with van der Waals surface area (Å²) in [6.07, 6.45) is -2.79. The number of rotatable bonds is 2. The highest BCUT2D eigenvalue weighted by Gasteiger charge is 2.15. The summed E-state index contributed by atoms with van der Waals surface area (Å²) >= 11 is 0. The van der Waals surface area contributed by atoms with E-state index in [1.165, 1.54) is 0 Å². The lowest BCUT2D eigenvalue weighted by Crippen LogP contribution is -2.02. The lowest BCUT2D eigenvalue weighted by molar-refractivity contribution is 0.151. The van der Waals surface area contributed by atoms with Crippen LogP contribution in [0.3, 0.4) is 0 Å². The van der Waals surface area contributed by atoms with Gasteiger partial charge in [-0.3, -0.25) is 0 Å². The summed E-state index contributed by atoms with van der Waals surface area (Å²) in [6, 6.07) is 0.804. The number of aromatic hydroxyl groups is 1. The Morgan fingerprint density at radius 1 is 1.54 bits per heavy atom. The maximum atomic E-state index is 12.1. The van der Waals surface area contributed by atoms with E-state index in [2.05, 4.69) is 4.98 Å². The van der Waals surface area contributed by atoms with E-state index >= 15 is 0 Å². The molecule has 0 fully saturated rings. The Kier molecular flexibility index (Phi) is 2.62. The molecule has 0 spiro atoms. The fourth-order valence-corrected chi connectivity index (χ4v) is 0.863. The molecule has 72 valence electrons. The van der Waals surface area contributed by atoms with Crippen molar-refractivity contribution < 1.29 is 19.0 Å². The van der Waals surface area contributed by atoms with Crippen LogP contribution in [0.4, 0.5) is 14.6 Å². The maximum absolute atomic E-state index is 12.1. The van der Waals surface area contributed by atoms with Crippen LogP contribution in [0.25, 0.3) is 0 Å². The van der Waals surface area contributed by atoms with Crippen LogP contribution in [0, 0.1) is 0 Å². The van der Waals surface area contributed by atoms with E-state index in [0.29, 0.717) is 0 Å². The number of nitrogen functional groups attached to an aromatic ring is 1. The van der Waals surface area contributed by atoms with Gasteiger partial charge in [0.2, 0.25) is 0 Å². The minimum Gasteiger partial charge on any atom is -0.506 e. The molecule has 0 radical (unpaired) electrons. The van der Waals surface area contributed by atoms with Crippen molar-refractivity contribution in [2.24, 2.45) is 0 Å². The molecule has 4 N–H and O–H groups in total. The Hall–Kier alpha value is -1.43. The molecule has 0 aliphatic rings. The number of anilines is 1. The number of hydrogen-bond donors (Lipinski definition) is 3. The van der Waals surface area contributed by atoms with Gasteiger partial charge in [-0.1, -0.05) is 0 Å². The Labute approximate surface area is 72.6 Å². The smallest absolute Gasteiger partial charge is 0.267 e. The molecule has 0 bridgehead atoms. The Morgan fingerprint density at radius 2 is 2.15 bits per heavy atom. The molecule has 1 aromatic heterocycles. The first-order valence-corrected chi connectivity index (χ1v) is 3.43. The highest BCUT2D eigenvalue weighted by Crippen LogP contribution is 2.28. The van der Waals surface area contributed by atoms with Crippen LogP contribution < -0.4 is 5.73 Å². The highest BCUT2D eigenvalue weighted by molar-refractivity contribution is 5.46. The van der Waals surface area contributed by atoms with Gasteiger partial charge in [0.15, 0.2) is 0 Å². The van der Waals surface area contributed by atoms with Crippen LogP contribution in [0.15, 0.2) is 6.07 Å². The van der Waals surface area contributed by atoms with Crippen LogP contribution in [-0.4, -0.2) is 15.2 Å². The molecule has 0 saturated carbocycles. The zero-order valence-electron chi connectivity index (χ0n) is 6.54. The molecule has 1 aromatic rings. The van der Waals surface area contributed by atoms with Crippen molar-refractivity contribution in [2.75, 3.05) is 5.73 Å². The van der Waals surface area contributed by atoms with E-state index in [9.17, 15) is 8.78 Å². The topological polar surface area (TPSA) is 79.4 Å². The van der Waals surface area contributed by atoms with E-state index in [1.54, 1.807) is 0 Å². The summed E-state index contributed by atoms with van der Waals surface area (Å²) in [7, 11) is 0. The molecule has 1 rings (SSSR count). The molecule has 4 nitrogen and oxygen atoms in total. The Bertz CT molecular complexity index is 318. The largest absolute Gasteiger partial charge is 0.506 e. The molecule has 0 atom stereocenters. The molecule has 0 aliphatic heterocycles. The summed E-state index contributed by atoms with van der Waals surface area (Å²) < 4.78 is 24.3. The van der Waals surface area contributed by atoms with Gasteiger partial charge in [-0.25, -0.2) is 13.8 Å². The second-order valence-corrected chi connectivity index (χ2v) is 2.39. The minimum atomic E-state index is -2.79. The predicted octanol–water partition coefficient (Wildman–Crippen LogP) is 0.799. The van der Waals surface area contributed by atoms with E-state index in [0.717, 1.165) is 6.07 Å². The van der Waals surface area contributed by atoms with Crippen molar-refractivity contribution in [2.45, 2.75) is 13.0 Å². The van der Waals surface area contributed by atoms with Gasteiger partial charge in [-0.15, -0.1) is 0 Å². The molecule has 0 aromatic carbocycles. The molecule has 13 heavy (non-hydrogen) atoms. The number of aromatic nitrogens is 1. The number of hydrogen-bond acceptors (Lipinski definition) is 4. The van der Waals surface area contributed by atoms with Gasteiger partial charge in [-0.05, 0) is 6.07 Å². The number of aliphatic hydroxyl groups excluding tert-OH is 1. The summed E-state index contributed by atoms with van der Waals surface area (Å²) in [6.45, 7) is -0.542. The van der Waals surface area contributed by atoms with Crippen molar-refractivity contribution in [3.8, 4) is 5.75 Å². The molecule has 6 heteroatoms. The summed E-state index contributed by atoms with van der Waals surface area (Å²) in [5.74, 6) is -0.858. The Balaban J connectivity index is 3.20. The Morgan fingerprint density at radius 3 is 2.62 bits per heavy atom. The standard InChI is InChI=1S/C7H8F2N2O2/c8-6(9)3-1-5(13)4(2-12)11-7(3)10/h1,6,12-13H,2H2,(H2,10,11). The average Bonchev–Trinajstić information content (AvgIpc) is 2.07. The minimum absolute atomic E-state index is 0.109. The number of nitrogens with two attached hydrogens (primary N) is 1. The number of halogens is 2. The van der Waals surface area contributed by atoms with Crippen molar-refractivity contribution in [3.63, 3.8) is 0 Å². The molecule has 0 saturated heterocycles. The normalized spacial score (nSPS) is 10.8. The number of pyridine rings is 1. The maximum Gasteiger partial charge on any atom is 0.267 e. The fourth-order valence-electron chi connectivity index (χ4n) is 0.863. The average molecular weight is 190 g/mol. The molecule has 1 heterocycles. The van der Waals surface area contributed by atoms with Crippen molar-refractivity contribution in [3.05, 3.63) is 17.3 Å². The van der Waals surface area contributed by atoms with Crippen molar-refractivity contribution >= 4 is 5.82 Å². The first-order chi connectivity index (χ1) is 6.06. The molecule has 0 aliphatic carbocycles. The second-order valence-electron chi connectivity index (χ2n) is 2.39. The molecular formula is C7H8F2N2O2. The van der Waals surface area contributed by atoms with Crippen LogP contribution in [0.2, 0.25) is 0 Å². The van der Waals surface area contributed by atoms with Crippen LogP contribution in [0.5, 0.6) is 5.75 Å². The van der Waals surface area contributed by atoms with E-state index in [-0.39, 0.29) is 11.5 Å². The van der Waals surface area contributed by atoms with E-state index < -0.39 is 24.3 Å². The van der Waals surface area contributed by atoms with Gasteiger partial charge in [0.25, 0.3) is 6.43 Å². The van der Waals surface area contributed by atoms with Gasteiger partial charge in [0.1, 0.15) is 17.3 Å². The first-order valence-electron chi connectivity index (χ1n) is 3.43. The van der Waals surface area contributed by atoms with E-state index in [1.807, 2.05) is 0 Å². The van der Waals surface area contributed by atoms with Gasteiger partial charge in [-0.2, -0.15) is 0 Å². The first kappa shape index (κ1) is 9.66. The fraction of sp³-hybridized carbons (Fsp3) is 0.286. The molecule has 0 unspecified atom stereocenters. The van der Waals surface area contributed by atoms with Gasteiger partial charge < -0.3 is 15.9 Å². The van der Waals surface area contributed by atoms with Gasteiger partial charge >= 0.3 is 0 Å². The summed E-state index contributed by atoms with van der Waals surface area (Å²) in [5.41, 5.74) is 4.51. The third kappa shape index (κ3) is 1.83. The third-order valence-electron chi connectivity index (χ3n) is 1.52. The lowest BCUT2D eigenvalue weighted by atomic mass is 10.2. The van der Waals surface area contributed by atoms with E-state index in [4.69, 9.17) is 15.9 Å². The zero-order chi connectivity index (χ0) is 10.0. The third-order valence-corrected chi connectivity index (χ3v) is 1.52. The van der Waals surface area contributed by atoms with Crippen molar-refractivity contribution in [1.82, 2.24) is 4.98 Å². The lowest BCUT2D eigenvalue weighted by Gasteiger charge is -2.06. The number of alkyl halides is 2. The summed E-state index contributed by atoms with van der Waals surface area (Å²) in [4.78, 5) is 3.41. The number of aliphatic hydroxyl groups is 1. The quantitative estimate of drug-likeness (QED) is 0.644. The zero-order valence-corrected chi connectivity index (χ0v) is 6.54. The van der Waals surface area contributed by atoms with Crippen LogP contribution >= 0.6 is 0 Å². The molecule has 0 amide bonds. The second kappa shape index (κ2) is 3.53. The SMILES string of the molecule is Nc1nc(CO)c(O)cc1C(F)F. The van der Waals surface area contributed by atoms with Crippen molar-refractivity contribution in [1.29, 1.82) is 0 Å². The molecular weight excluding hydrogens is 182 g/mol. The van der Waals surface area contributed by atoms with Gasteiger partial charge in [0, 0.05) is 0 Å². The van der Waals surface area contributed by atoms with Crippen LogP contribution in [-0.2, 0) is 6.61 Å². The number of nitrogens with zero attached hydrogens (tertiary/aromatic N) is 1. The van der Waals surface area contributed by atoms with Crippen LogP contribution in [0.1, 0.15) is 17.7 Å².